The standard InChI is InChI=1S/C19H22BrClN2O2S/c1-14-4-2-3-5-18(14)23(13-15-6-11-19(20)22-12-15)26(24,25)17-9-7-16(21)8-10-17/h6-12,14,18H,2-5,13H2,1H3. The Hall–Kier alpha value is -0.950. The highest BCUT2D eigenvalue weighted by Gasteiger charge is 2.35. The molecule has 7 heteroatoms. The molecule has 0 amide bonds. The van der Waals surface area contributed by atoms with Crippen LogP contribution in [0.1, 0.15) is 38.2 Å². The van der Waals surface area contributed by atoms with Gasteiger partial charge in [-0.1, -0.05) is 37.4 Å². The lowest BCUT2D eigenvalue weighted by atomic mass is 9.86. The van der Waals surface area contributed by atoms with Gasteiger partial charge in [0.25, 0.3) is 0 Å². The lowest BCUT2D eigenvalue weighted by Crippen LogP contribution is -2.44. The highest BCUT2D eigenvalue weighted by atomic mass is 79.9. The predicted molar refractivity (Wildman–Crippen MR) is 108 cm³/mol. The molecule has 1 saturated carbocycles. The molecule has 3 rings (SSSR count). The Morgan fingerprint density at radius 1 is 1.15 bits per heavy atom. The summed E-state index contributed by atoms with van der Waals surface area (Å²) in [6.45, 7) is 2.47. The van der Waals surface area contributed by atoms with Crippen LogP contribution in [0.2, 0.25) is 5.02 Å². The average Bonchev–Trinajstić information content (AvgIpc) is 2.62. The number of benzene rings is 1. The van der Waals surface area contributed by atoms with Crippen LogP contribution >= 0.6 is 27.5 Å². The van der Waals surface area contributed by atoms with Gasteiger partial charge in [-0.25, -0.2) is 13.4 Å². The molecule has 1 aromatic carbocycles. The van der Waals surface area contributed by atoms with Crippen molar-refractivity contribution in [3.63, 3.8) is 0 Å². The van der Waals surface area contributed by atoms with Crippen molar-refractivity contribution >= 4 is 37.6 Å². The maximum absolute atomic E-state index is 13.4. The van der Waals surface area contributed by atoms with E-state index in [1.54, 1.807) is 34.8 Å². The van der Waals surface area contributed by atoms with Crippen LogP contribution in [0.3, 0.4) is 0 Å². The third-order valence-corrected chi connectivity index (χ3v) is 7.59. The van der Waals surface area contributed by atoms with E-state index in [1.165, 1.54) is 0 Å². The van der Waals surface area contributed by atoms with Crippen molar-refractivity contribution in [2.75, 3.05) is 0 Å². The number of pyridine rings is 1. The SMILES string of the molecule is CC1CCCCC1N(Cc1ccc(Br)nc1)S(=O)(=O)c1ccc(Cl)cc1. The third kappa shape index (κ3) is 4.47. The first-order valence-electron chi connectivity index (χ1n) is 8.76. The highest BCUT2D eigenvalue weighted by Crippen LogP contribution is 2.33. The molecule has 2 aromatic rings. The van der Waals surface area contributed by atoms with Gasteiger partial charge in [-0.15, -0.1) is 0 Å². The van der Waals surface area contributed by atoms with Crippen molar-refractivity contribution in [2.45, 2.75) is 50.1 Å². The molecule has 2 atom stereocenters. The van der Waals surface area contributed by atoms with Crippen LogP contribution in [0.5, 0.6) is 0 Å². The first-order chi connectivity index (χ1) is 12.4. The summed E-state index contributed by atoms with van der Waals surface area (Å²) in [5.74, 6) is 0.328. The molecule has 1 fully saturated rings. The van der Waals surface area contributed by atoms with E-state index in [1.807, 2.05) is 12.1 Å². The molecule has 1 heterocycles. The Morgan fingerprint density at radius 2 is 1.85 bits per heavy atom. The monoisotopic (exact) mass is 456 g/mol. The molecule has 1 aliphatic rings. The van der Waals surface area contributed by atoms with Crippen LogP contribution in [0.15, 0.2) is 52.1 Å². The van der Waals surface area contributed by atoms with Gasteiger partial charge in [0.05, 0.1) is 4.90 Å². The van der Waals surface area contributed by atoms with Gasteiger partial charge in [-0.2, -0.15) is 4.31 Å². The molecule has 4 nitrogen and oxygen atoms in total. The minimum absolute atomic E-state index is 0.00641. The molecule has 1 aromatic heterocycles. The molecule has 0 saturated heterocycles. The van der Waals surface area contributed by atoms with Crippen molar-refractivity contribution in [3.8, 4) is 0 Å². The van der Waals surface area contributed by atoms with Crippen LogP contribution in [0.25, 0.3) is 0 Å². The summed E-state index contributed by atoms with van der Waals surface area (Å²) in [5, 5.41) is 0.527. The van der Waals surface area contributed by atoms with Crippen molar-refractivity contribution in [1.29, 1.82) is 0 Å². The van der Waals surface area contributed by atoms with Gasteiger partial charge in [-0.05, 0) is 70.6 Å². The molecule has 140 valence electrons. The first kappa shape index (κ1) is 19.8. The van der Waals surface area contributed by atoms with E-state index >= 15 is 0 Å². The van der Waals surface area contributed by atoms with E-state index in [9.17, 15) is 8.42 Å². The van der Waals surface area contributed by atoms with E-state index in [0.29, 0.717) is 17.5 Å². The Labute approximate surface area is 168 Å². The number of halogens is 2. The van der Waals surface area contributed by atoms with E-state index in [-0.39, 0.29) is 10.9 Å². The number of hydrogen-bond acceptors (Lipinski definition) is 3. The van der Waals surface area contributed by atoms with Crippen LogP contribution in [0, 0.1) is 5.92 Å². The van der Waals surface area contributed by atoms with E-state index in [4.69, 9.17) is 11.6 Å². The summed E-state index contributed by atoms with van der Waals surface area (Å²) in [4.78, 5) is 4.52. The lowest BCUT2D eigenvalue weighted by Gasteiger charge is -2.37. The Bertz CT molecular complexity index is 841. The quantitative estimate of drug-likeness (QED) is 0.575. The second-order valence-corrected chi connectivity index (χ2v) is 9.96. The van der Waals surface area contributed by atoms with Crippen LogP contribution < -0.4 is 0 Å². The molecule has 0 aliphatic heterocycles. The minimum Gasteiger partial charge on any atom is -0.249 e. The lowest BCUT2D eigenvalue weighted by molar-refractivity contribution is 0.185. The van der Waals surface area contributed by atoms with Crippen LogP contribution in [-0.4, -0.2) is 23.7 Å². The Morgan fingerprint density at radius 3 is 2.46 bits per heavy atom. The molecule has 0 radical (unpaired) electrons. The number of aromatic nitrogens is 1. The van der Waals surface area contributed by atoms with Gasteiger partial charge in [0.2, 0.25) is 10.0 Å². The maximum Gasteiger partial charge on any atom is 0.243 e. The number of sulfonamides is 1. The van der Waals surface area contributed by atoms with Crippen LogP contribution in [-0.2, 0) is 16.6 Å². The van der Waals surface area contributed by atoms with Gasteiger partial charge < -0.3 is 0 Å². The van der Waals surface area contributed by atoms with Gasteiger partial charge in [0.15, 0.2) is 0 Å². The zero-order valence-corrected chi connectivity index (χ0v) is 17.8. The van der Waals surface area contributed by atoms with Crippen molar-refractivity contribution < 1.29 is 8.42 Å². The fourth-order valence-corrected chi connectivity index (χ4v) is 5.63. The second kappa shape index (κ2) is 8.38. The van der Waals surface area contributed by atoms with Gasteiger partial charge in [0.1, 0.15) is 4.60 Å². The summed E-state index contributed by atoms with van der Waals surface area (Å²) >= 11 is 9.26. The summed E-state index contributed by atoms with van der Waals surface area (Å²) in [6.07, 6.45) is 5.88. The van der Waals surface area contributed by atoms with Crippen LogP contribution in [0.4, 0.5) is 0 Å². The number of rotatable bonds is 5. The predicted octanol–water partition coefficient (Wildman–Crippen LogP) is 5.27. The molecule has 26 heavy (non-hydrogen) atoms. The van der Waals surface area contributed by atoms with E-state index in [0.717, 1.165) is 35.8 Å². The molecular weight excluding hydrogens is 436 g/mol. The maximum atomic E-state index is 13.4. The highest BCUT2D eigenvalue weighted by molar-refractivity contribution is 9.10. The largest absolute Gasteiger partial charge is 0.249 e. The molecule has 0 N–H and O–H groups in total. The van der Waals surface area contributed by atoms with Gasteiger partial charge >= 0.3 is 0 Å². The van der Waals surface area contributed by atoms with E-state index in [2.05, 4.69) is 27.8 Å². The van der Waals surface area contributed by atoms with Crippen molar-refractivity contribution in [1.82, 2.24) is 9.29 Å². The van der Waals surface area contributed by atoms with Gasteiger partial charge in [-0.3, -0.25) is 0 Å². The molecule has 0 bridgehead atoms. The number of hydrogen-bond donors (Lipinski definition) is 0. The number of nitrogens with zero attached hydrogens (tertiary/aromatic N) is 2. The normalized spacial score (nSPS) is 21.1. The average molecular weight is 458 g/mol. The van der Waals surface area contributed by atoms with E-state index < -0.39 is 10.0 Å². The summed E-state index contributed by atoms with van der Waals surface area (Å²) in [6, 6.07) is 10.2. The summed E-state index contributed by atoms with van der Waals surface area (Å²) in [5.41, 5.74) is 0.878. The molecule has 0 spiro atoms. The van der Waals surface area contributed by atoms with Crippen molar-refractivity contribution in [2.24, 2.45) is 5.92 Å². The molecule has 2 unspecified atom stereocenters. The fraction of sp³-hybridized carbons (Fsp3) is 0.421. The first-order valence-corrected chi connectivity index (χ1v) is 11.4. The summed E-state index contributed by atoms with van der Waals surface area (Å²) in [7, 11) is -3.62. The summed E-state index contributed by atoms with van der Waals surface area (Å²) < 4.78 is 29.2. The Kier molecular flexibility index (Phi) is 6.38. The van der Waals surface area contributed by atoms with Crippen molar-refractivity contribution in [3.05, 3.63) is 57.8 Å². The second-order valence-electron chi connectivity index (χ2n) is 6.82. The fourth-order valence-electron chi connectivity index (χ4n) is 3.53. The minimum atomic E-state index is -3.62. The smallest absolute Gasteiger partial charge is 0.243 e. The Balaban J connectivity index is 1.98. The van der Waals surface area contributed by atoms with Gasteiger partial charge in [0, 0.05) is 23.8 Å². The molecular formula is C19H22BrClN2O2S. The zero-order valence-electron chi connectivity index (χ0n) is 14.6. The molecule has 1 aliphatic carbocycles. The third-order valence-electron chi connectivity index (χ3n) is 4.98. The zero-order chi connectivity index (χ0) is 18.7. The topological polar surface area (TPSA) is 50.3 Å².